The quantitative estimate of drug-likeness (QED) is 0.310. The second kappa shape index (κ2) is 11.8. The van der Waals surface area contributed by atoms with Gasteiger partial charge in [-0.25, -0.2) is 4.98 Å². The molecule has 40 heavy (non-hydrogen) atoms. The van der Waals surface area contributed by atoms with Crippen LogP contribution < -0.4 is 14.5 Å². The molecule has 0 atom stereocenters. The summed E-state index contributed by atoms with van der Waals surface area (Å²) in [4.78, 5) is 24.0. The van der Waals surface area contributed by atoms with Gasteiger partial charge in [-0.2, -0.15) is 0 Å². The van der Waals surface area contributed by atoms with Crippen molar-refractivity contribution in [2.75, 3.05) is 56.4 Å². The van der Waals surface area contributed by atoms with Crippen molar-refractivity contribution >= 4 is 28.9 Å². The third kappa shape index (κ3) is 5.97. The summed E-state index contributed by atoms with van der Waals surface area (Å²) in [5, 5.41) is 0.540. The number of carbonyl (C=O) groups is 1. The Morgan fingerprint density at radius 2 is 1.75 bits per heavy atom. The number of nitrogens with zero attached hydrogens (tertiary/aromatic N) is 4. The van der Waals surface area contributed by atoms with E-state index in [2.05, 4.69) is 54.8 Å². The summed E-state index contributed by atoms with van der Waals surface area (Å²) in [6.45, 7) is 13.6. The largest absolute Gasteiger partial charge is 0.465 e. The number of anilines is 2. The van der Waals surface area contributed by atoms with Crippen LogP contribution in [0.25, 0.3) is 22.4 Å². The van der Waals surface area contributed by atoms with E-state index in [1.54, 1.807) is 12.0 Å². The van der Waals surface area contributed by atoms with Crippen LogP contribution in [0, 0.1) is 6.92 Å². The zero-order valence-corrected chi connectivity index (χ0v) is 24.9. The van der Waals surface area contributed by atoms with Crippen LogP contribution >= 0.6 is 11.6 Å². The topological polar surface area (TPSA) is 58.1 Å². The van der Waals surface area contributed by atoms with E-state index in [1.807, 2.05) is 31.2 Å². The van der Waals surface area contributed by atoms with Gasteiger partial charge in [-0.3, -0.25) is 9.69 Å². The smallest absolute Gasteiger partial charge is 0.227 e. The summed E-state index contributed by atoms with van der Waals surface area (Å²) >= 11 is 6.74. The Kier molecular flexibility index (Phi) is 8.36. The van der Waals surface area contributed by atoms with Crippen LogP contribution in [0.3, 0.4) is 0 Å². The minimum Gasteiger partial charge on any atom is -0.465 e. The number of piperazine rings is 1. The van der Waals surface area contributed by atoms with Gasteiger partial charge >= 0.3 is 0 Å². The van der Waals surface area contributed by atoms with E-state index in [4.69, 9.17) is 26.1 Å². The lowest BCUT2D eigenvalue weighted by Crippen LogP contribution is -2.53. The fourth-order valence-corrected chi connectivity index (χ4v) is 5.90. The molecule has 0 unspecified atom stereocenters. The van der Waals surface area contributed by atoms with Gasteiger partial charge in [-0.1, -0.05) is 29.8 Å². The maximum Gasteiger partial charge on any atom is 0.227 e. The van der Waals surface area contributed by atoms with E-state index in [1.165, 1.54) is 5.69 Å². The van der Waals surface area contributed by atoms with E-state index < -0.39 is 0 Å². The first-order chi connectivity index (χ1) is 19.2. The molecule has 0 N–H and O–H groups in total. The number of pyridine rings is 1. The van der Waals surface area contributed by atoms with Gasteiger partial charge in [0.2, 0.25) is 5.91 Å². The van der Waals surface area contributed by atoms with Crippen molar-refractivity contribution in [1.29, 1.82) is 0 Å². The normalized spacial score (nSPS) is 16.6. The highest BCUT2D eigenvalue weighted by Crippen LogP contribution is 2.42. The Labute approximate surface area is 242 Å². The average Bonchev–Trinajstić information content (AvgIpc) is 3.37. The molecule has 0 bridgehead atoms. The summed E-state index contributed by atoms with van der Waals surface area (Å²) in [6, 6.07) is 16.4. The number of carbonyl (C=O) groups excluding carboxylic acids is 1. The highest BCUT2D eigenvalue weighted by atomic mass is 35.5. The van der Waals surface area contributed by atoms with Crippen molar-refractivity contribution < 1.29 is 14.3 Å². The molecule has 5 rings (SSSR count). The van der Waals surface area contributed by atoms with Crippen LogP contribution in [0.4, 0.5) is 11.4 Å². The first-order valence-corrected chi connectivity index (χ1v) is 14.4. The van der Waals surface area contributed by atoms with Crippen molar-refractivity contribution in [2.45, 2.75) is 46.1 Å². The number of hydrogen-bond acceptors (Lipinski definition) is 6. The molecule has 212 valence electrons. The van der Waals surface area contributed by atoms with Gasteiger partial charge in [0.1, 0.15) is 5.69 Å². The van der Waals surface area contributed by atoms with Gasteiger partial charge in [0, 0.05) is 74.3 Å². The molecule has 7 nitrogen and oxygen atoms in total. The zero-order valence-electron chi connectivity index (χ0n) is 24.2. The molecule has 2 aliphatic rings. The second-order valence-electron chi connectivity index (χ2n) is 11.6. The van der Waals surface area contributed by atoms with Crippen molar-refractivity contribution in [3.05, 3.63) is 59.2 Å². The number of aryl methyl sites for hydroxylation is 1. The van der Waals surface area contributed by atoms with Gasteiger partial charge in [-0.15, -0.1) is 0 Å². The van der Waals surface area contributed by atoms with E-state index in [0.29, 0.717) is 23.7 Å². The van der Waals surface area contributed by atoms with Crippen molar-refractivity contribution in [3.8, 4) is 28.1 Å². The Bertz CT molecular complexity index is 1380. The number of halogens is 1. The molecule has 0 aliphatic carbocycles. The molecule has 2 aromatic carbocycles. The lowest BCUT2D eigenvalue weighted by molar-refractivity contribution is -0.117. The molecule has 2 fully saturated rings. The molecular weight excluding hydrogens is 524 g/mol. The van der Waals surface area contributed by atoms with E-state index in [0.717, 1.165) is 66.4 Å². The highest BCUT2D eigenvalue weighted by molar-refractivity contribution is 6.34. The summed E-state index contributed by atoms with van der Waals surface area (Å²) in [5.74, 6) is 0.753. The highest BCUT2D eigenvalue weighted by Gasteiger charge is 2.27. The fourth-order valence-electron chi connectivity index (χ4n) is 5.62. The van der Waals surface area contributed by atoms with Gasteiger partial charge < -0.3 is 19.3 Å². The van der Waals surface area contributed by atoms with Crippen LogP contribution in [0.15, 0.2) is 48.5 Å². The third-order valence-electron chi connectivity index (χ3n) is 7.76. The number of amides is 1. The molecule has 2 saturated heterocycles. The van der Waals surface area contributed by atoms with Gasteiger partial charge in [0.25, 0.3) is 0 Å². The number of rotatable bonds is 7. The molecule has 0 saturated carbocycles. The van der Waals surface area contributed by atoms with Gasteiger partial charge in [0.05, 0.1) is 10.7 Å². The van der Waals surface area contributed by atoms with Crippen LogP contribution in [0.5, 0.6) is 5.75 Å². The number of aromatic nitrogens is 1. The summed E-state index contributed by atoms with van der Waals surface area (Å²) in [5.41, 5.74) is 6.49. The van der Waals surface area contributed by atoms with Gasteiger partial charge in [0.15, 0.2) is 12.5 Å². The summed E-state index contributed by atoms with van der Waals surface area (Å²) in [7, 11) is 1.61. The van der Waals surface area contributed by atoms with Crippen molar-refractivity contribution in [1.82, 2.24) is 9.88 Å². The van der Waals surface area contributed by atoms with Crippen LogP contribution in [0.1, 0.15) is 39.3 Å². The number of benzene rings is 2. The number of hydrogen-bond donors (Lipinski definition) is 0. The van der Waals surface area contributed by atoms with Crippen molar-refractivity contribution in [3.63, 3.8) is 0 Å². The molecule has 0 spiro atoms. The van der Waals surface area contributed by atoms with Crippen LogP contribution in [0.2, 0.25) is 5.02 Å². The molecule has 3 aromatic rings. The lowest BCUT2D eigenvalue weighted by Gasteiger charge is -2.43. The van der Waals surface area contributed by atoms with E-state index >= 15 is 0 Å². The van der Waals surface area contributed by atoms with E-state index in [9.17, 15) is 4.79 Å². The molecule has 1 aromatic heterocycles. The molecule has 3 heterocycles. The maximum absolute atomic E-state index is 12.3. The Morgan fingerprint density at radius 3 is 2.40 bits per heavy atom. The third-order valence-corrected chi connectivity index (χ3v) is 8.06. The Balaban J connectivity index is 1.51. The minimum absolute atomic E-state index is 0.0906. The fraction of sp³-hybridized carbons (Fsp3) is 0.438. The van der Waals surface area contributed by atoms with Crippen LogP contribution in [-0.4, -0.2) is 68.0 Å². The van der Waals surface area contributed by atoms with Crippen LogP contribution in [-0.2, 0) is 9.53 Å². The molecule has 8 heteroatoms. The maximum atomic E-state index is 12.3. The second-order valence-corrected chi connectivity index (χ2v) is 12.0. The molecule has 0 radical (unpaired) electrons. The summed E-state index contributed by atoms with van der Waals surface area (Å²) < 4.78 is 11.5. The average molecular weight is 563 g/mol. The number of ether oxygens (including phenoxy) is 2. The monoisotopic (exact) mass is 562 g/mol. The minimum atomic E-state index is 0.0906. The summed E-state index contributed by atoms with van der Waals surface area (Å²) in [6.07, 6.45) is 1.41. The first kappa shape index (κ1) is 28.4. The Morgan fingerprint density at radius 1 is 0.975 bits per heavy atom. The molecule has 2 aliphatic heterocycles. The predicted octanol–water partition coefficient (Wildman–Crippen LogP) is 6.41. The molecule has 1 amide bonds. The first-order valence-electron chi connectivity index (χ1n) is 14.0. The standard InChI is InChI=1S/C32H39ClN4O3/c1-22-18-26(23-11-12-28(27(33)20-23)37-13-7-10-29(37)38)31(40-21-39-5)30(34-22)24-8-6-9-25(19-24)35-14-16-36(17-15-35)32(2,3)4/h6,8-9,11-12,18-20H,7,10,13-17,21H2,1-5H3. The molecular formula is C32H39ClN4O3. The predicted molar refractivity (Wildman–Crippen MR) is 162 cm³/mol. The van der Waals surface area contributed by atoms with E-state index in [-0.39, 0.29) is 18.2 Å². The van der Waals surface area contributed by atoms with Crippen molar-refractivity contribution in [2.24, 2.45) is 0 Å². The van der Waals surface area contributed by atoms with Gasteiger partial charge in [-0.05, 0) is 70.0 Å². The number of methoxy groups -OCH3 is 1. The zero-order chi connectivity index (χ0) is 28.4. The lowest BCUT2D eigenvalue weighted by atomic mass is 9.99. The SMILES string of the molecule is COCOc1c(-c2ccc(N3CCCC3=O)c(Cl)c2)cc(C)nc1-c1cccc(N2CCN(C(C)(C)C)CC2)c1. The Hall–Kier alpha value is -3.13.